The van der Waals surface area contributed by atoms with Gasteiger partial charge in [0.2, 0.25) is 5.91 Å². The number of benzene rings is 2. The number of halogens is 1. The Balaban J connectivity index is 1.90. The first-order valence-corrected chi connectivity index (χ1v) is 7.17. The molecular formula is C16H14BrNO. The highest BCUT2D eigenvalue weighted by Crippen LogP contribution is 2.30. The van der Waals surface area contributed by atoms with Crippen molar-refractivity contribution in [2.24, 2.45) is 0 Å². The van der Waals surface area contributed by atoms with Crippen LogP contribution in [0, 0.1) is 0 Å². The van der Waals surface area contributed by atoms with Crippen LogP contribution in [0.25, 0.3) is 0 Å². The van der Waals surface area contributed by atoms with Crippen LogP contribution in [-0.4, -0.2) is 5.91 Å². The monoisotopic (exact) mass is 315 g/mol. The van der Waals surface area contributed by atoms with Gasteiger partial charge >= 0.3 is 0 Å². The average Bonchev–Trinajstić information content (AvgIpc) is 2.58. The largest absolute Gasteiger partial charge is 0.325 e. The number of amides is 1. The molecular weight excluding hydrogens is 302 g/mol. The molecule has 0 bridgehead atoms. The summed E-state index contributed by atoms with van der Waals surface area (Å²) in [6.45, 7) is 0. The SMILES string of the molecule is O=C1Nc2ccccc2CCC1c1ccc(Br)cc1. The Hall–Kier alpha value is -1.61. The predicted molar refractivity (Wildman–Crippen MR) is 80.3 cm³/mol. The van der Waals surface area contributed by atoms with Gasteiger partial charge in [-0.05, 0) is 42.2 Å². The first-order chi connectivity index (χ1) is 9.24. The van der Waals surface area contributed by atoms with Gasteiger partial charge in [-0.2, -0.15) is 0 Å². The van der Waals surface area contributed by atoms with Crippen molar-refractivity contribution in [3.63, 3.8) is 0 Å². The van der Waals surface area contributed by atoms with Gasteiger partial charge in [0.1, 0.15) is 0 Å². The highest BCUT2D eigenvalue weighted by Gasteiger charge is 2.24. The van der Waals surface area contributed by atoms with Crippen LogP contribution in [0.5, 0.6) is 0 Å². The molecule has 0 radical (unpaired) electrons. The molecule has 2 aromatic carbocycles. The summed E-state index contributed by atoms with van der Waals surface area (Å²) in [5, 5.41) is 3.03. The summed E-state index contributed by atoms with van der Waals surface area (Å²) in [5.74, 6) is 0.0211. The molecule has 1 amide bonds. The lowest BCUT2D eigenvalue weighted by Crippen LogP contribution is -2.19. The zero-order chi connectivity index (χ0) is 13.2. The maximum atomic E-state index is 12.3. The van der Waals surface area contributed by atoms with E-state index in [9.17, 15) is 4.79 Å². The van der Waals surface area contributed by atoms with Crippen molar-refractivity contribution in [2.75, 3.05) is 5.32 Å². The van der Waals surface area contributed by atoms with Crippen LogP contribution in [-0.2, 0) is 11.2 Å². The van der Waals surface area contributed by atoms with Crippen molar-refractivity contribution in [1.29, 1.82) is 0 Å². The lowest BCUT2D eigenvalue weighted by atomic mass is 9.93. The van der Waals surface area contributed by atoms with Gasteiger partial charge in [-0.1, -0.05) is 46.3 Å². The lowest BCUT2D eigenvalue weighted by molar-refractivity contribution is -0.117. The molecule has 0 saturated heterocycles. The van der Waals surface area contributed by atoms with Crippen LogP contribution in [0.1, 0.15) is 23.5 Å². The molecule has 0 fully saturated rings. The second kappa shape index (κ2) is 5.17. The van der Waals surface area contributed by atoms with E-state index >= 15 is 0 Å². The molecule has 1 unspecified atom stereocenters. The quantitative estimate of drug-likeness (QED) is 0.842. The molecule has 19 heavy (non-hydrogen) atoms. The summed E-state index contributed by atoms with van der Waals surface area (Å²) in [5.41, 5.74) is 3.25. The smallest absolute Gasteiger partial charge is 0.231 e. The fourth-order valence-electron chi connectivity index (χ4n) is 2.52. The van der Waals surface area contributed by atoms with E-state index in [-0.39, 0.29) is 11.8 Å². The first-order valence-electron chi connectivity index (χ1n) is 6.38. The van der Waals surface area contributed by atoms with Crippen LogP contribution in [0.3, 0.4) is 0 Å². The van der Waals surface area contributed by atoms with Gasteiger partial charge < -0.3 is 5.32 Å². The van der Waals surface area contributed by atoms with Crippen LogP contribution >= 0.6 is 15.9 Å². The van der Waals surface area contributed by atoms with Crippen molar-refractivity contribution < 1.29 is 4.79 Å². The molecule has 0 aromatic heterocycles. The maximum Gasteiger partial charge on any atom is 0.231 e. The van der Waals surface area contributed by atoms with Gasteiger partial charge in [-0.25, -0.2) is 0 Å². The summed E-state index contributed by atoms with van der Waals surface area (Å²) >= 11 is 3.42. The maximum absolute atomic E-state index is 12.3. The number of nitrogens with one attached hydrogen (secondary N) is 1. The van der Waals surface area contributed by atoms with Gasteiger partial charge in [0.05, 0.1) is 5.92 Å². The third-order valence-electron chi connectivity index (χ3n) is 3.57. The first kappa shape index (κ1) is 12.4. The summed E-state index contributed by atoms with van der Waals surface area (Å²) in [4.78, 5) is 12.3. The number of anilines is 1. The van der Waals surface area contributed by atoms with E-state index in [0.717, 1.165) is 28.6 Å². The second-order valence-corrected chi connectivity index (χ2v) is 5.70. The Bertz CT molecular complexity index is 606. The Morgan fingerprint density at radius 2 is 1.79 bits per heavy atom. The van der Waals surface area contributed by atoms with Crippen molar-refractivity contribution in [1.82, 2.24) is 0 Å². The van der Waals surface area contributed by atoms with Gasteiger partial charge in [-0.15, -0.1) is 0 Å². The molecule has 3 rings (SSSR count). The number of carbonyl (C=O) groups excluding carboxylic acids is 1. The number of rotatable bonds is 1. The third-order valence-corrected chi connectivity index (χ3v) is 4.10. The molecule has 96 valence electrons. The van der Waals surface area contributed by atoms with Crippen LogP contribution in [0.2, 0.25) is 0 Å². The second-order valence-electron chi connectivity index (χ2n) is 4.79. The summed E-state index contributed by atoms with van der Waals surface area (Å²) < 4.78 is 1.04. The van der Waals surface area contributed by atoms with E-state index in [4.69, 9.17) is 0 Å². The highest BCUT2D eigenvalue weighted by atomic mass is 79.9. The molecule has 1 aliphatic heterocycles. The van der Waals surface area contributed by atoms with Gasteiger partial charge in [0.15, 0.2) is 0 Å². The predicted octanol–water partition coefficient (Wildman–Crippen LogP) is 4.12. The summed E-state index contributed by atoms with van der Waals surface area (Å²) in [6, 6.07) is 16.0. The lowest BCUT2D eigenvalue weighted by Gasteiger charge is -2.13. The van der Waals surface area contributed by atoms with E-state index in [1.807, 2.05) is 42.5 Å². The van der Waals surface area contributed by atoms with Gasteiger partial charge in [0, 0.05) is 10.2 Å². The normalized spacial score (nSPS) is 18.4. The number of fused-ring (bicyclic) bond motifs is 1. The Morgan fingerprint density at radius 1 is 1.05 bits per heavy atom. The molecule has 1 N–H and O–H groups in total. The van der Waals surface area contributed by atoms with Gasteiger partial charge in [0.25, 0.3) is 0 Å². The van der Waals surface area contributed by atoms with E-state index < -0.39 is 0 Å². The number of hydrogen-bond donors (Lipinski definition) is 1. The number of hydrogen-bond acceptors (Lipinski definition) is 1. The molecule has 0 aliphatic carbocycles. The molecule has 2 aromatic rings. The van der Waals surface area contributed by atoms with E-state index in [1.54, 1.807) is 0 Å². The minimum absolute atomic E-state index is 0.0690. The van der Waals surface area contributed by atoms with Crippen molar-refractivity contribution in [2.45, 2.75) is 18.8 Å². The van der Waals surface area contributed by atoms with Crippen molar-refractivity contribution in [3.05, 3.63) is 64.1 Å². The third kappa shape index (κ3) is 2.56. The summed E-state index contributed by atoms with van der Waals surface area (Å²) in [7, 11) is 0. The molecule has 0 saturated carbocycles. The van der Waals surface area contributed by atoms with E-state index in [2.05, 4.69) is 27.3 Å². The zero-order valence-corrected chi connectivity index (χ0v) is 12.0. The molecule has 3 heteroatoms. The standard InChI is InChI=1S/C16H14BrNO/c17-13-8-5-11(6-9-13)14-10-7-12-3-1-2-4-15(12)18-16(14)19/h1-6,8-9,14H,7,10H2,(H,18,19). The van der Waals surface area contributed by atoms with Crippen LogP contribution < -0.4 is 5.32 Å². The molecule has 1 atom stereocenters. The van der Waals surface area contributed by atoms with Crippen molar-refractivity contribution in [3.8, 4) is 0 Å². The Labute approximate surface area is 121 Å². The fraction of sp³-hybridized carbons (Fsp3) is 0.188. The highest BCUT2D eigenvalue weighted by molar-refractivity contribution is 9.10. The number of para-hydroxylation sites is 1. The Kier molecular flexibility index (Phi) is 3.38. The number of aryl methyl sites for hydroxylation is 1. The molecule has 1 aliphatic rings. The van der Waals surface area contributed by atoms with Crippen LogP contribution in [0.4, 0.5) is 5.69 Å². The van der Waals surface area contributed by atoms with E-state index in [1.165, 1.54) is 5.56 Å². The molecule has 2 nitrogen and oxygen atoms in total. The van der Waals surface area contributed by atoms with Crippen molar-refractivity contribution >= 4 is 27.5 Å². The van der Waals surface area contributed by atoms with Crippen LogP contribution in [0.15, 0.2) is 53.0 Å². The summed E-state index contributed by atoms with van der Waals surface area (Å²) in [6.07, 6.45) is 1.78. The van der Waals surface area contributed by atoms with Gasteiger partial charge in [-0.3, -0.25) is 4.79 Å². The zero-order valence-electron chi connectivity index (χ0n) is 10.4. The minimum atomic E-state index is -0.0690. The number of carbonyl (C=O) groups is 1. The molecule has 1 heterocycles. The molecule has 0 spiro atoms. The fourth-order valence-corrected chi connectivity index (χ4v) is 2.79. The average molecular weight is 316 g/mol. The topological polar surface area (TPSA) is 29.1 Å². The minimum Gasteiger partial charge on any atom is -0.325 e. The van der Waals surface area contributed by atoms with E-state index in [0.29, 0.717) is 0 Å². The Morgan fingerprint density at radius 3 is 2.58 bits per heavy atom.